The van der Waals surface area contributed by atoms with Crippen molar-refractivity contribution >= 4 is 5.97 Å². The van der Waals surface area contributed by atoms with Gasteiger partial charge in [-0.05, 0) is 31.0 Å². The highest BCUT2D eigenvalue weighted by molar-refractivity contribution is 5.88. The highest BCUT2D eigenvalue weighted by Crippen LogP contribution is 2.32. The van der Waals surface area contributed by atoms with E-state index in [4.69, 9.17) is 9.15 Å². The fourth-order valence-electron chi connectivity index (χ4n) is 2.39. The van der Waals surface area contributed by atoms with Crippen LogP contribution in [0.4, 0.5) is 0 Å². The zero-order chi connectivity index (χ0) is 18.0. The average Bonchev–Trinajstić information content (AvgIpc) is 3.22. The van der Waals surface area contributed by atoms with Crippen molar-refractivity contribution in [2.75, 3.05) is 6.61 Å². The minimum absolute atomic E-state index is 0.168. The fourth-order valence-corrected chi connectivity index (χ4v) is 2.39. The second-order valence-electron chi connectivity index (χ2n) is 6.13. The number of carboxylic acids is 1. The van der Waals surface area contributed by atoms with Gasteiger partial charge in [0.2, 0.25) is 0 Å². The van der Waals surface area contributed by atoms with Gasteiger partial charge >= 0.3 is 5.97 Å². The summed E-state index contributed by atoms with van der Waals surface area (Å²) in [6, 6.07) is 5.49. The van der Waals surface area contributed by atoms with Gasteiger partial charge in [-0.1, -0.05) is 13.8 Å². The van der Waals surface area contributed by atoms with Crippen LogP contribution in [0.15, 0.2) is 41.4 Å². The number of aromatic nitrogens is 3. The Bertz CT molecular complexity index is 882. The predicted octanol–water partition coefficient (Wildman–Crippen LogP) is 3.57. The largest absolute Gasteiger partial charge is 0.493 e. The number of carbonyl (C=O) groups is 1. The fraction of sp³-hybridized carbons (Fsp3) is 0.278. The molecule has 1 aromatic carbocycles. The van der Waals surface area contributed by atoms with E-state index in [9.17, 15) is 9.90 Å². The molecule has 0 unspecified atom stereocenters. The summed E-state index contributed by atoms with van der Waals surface area (Å²) in [7, 11) is 0. The van der Waals surface area contributed by atoms with E-state index in [0.29, 0.717) is 35.4 Å². The molecular formula is C18H19N3O4. The Labute approximate surface area is 144 Å². The molecule has 7 heteroatoms. The number of ether oxygens (including phenoxy) is 1. The lowest BCUT2D eigenvalue weighted by Crippen LogP contribution is -2.06. The number of oxazole rings is 1. The first-order valence-electron chi connectivity index (χ1n) is 7.91. The summed E-state index contributed by atoms with van der Waals surface area (Å²) in [6.45, 7) is 6.38. The highest BCUT2D eigenvalue weighted by atomic mass is 16.5. The molecule has 1 N–H and O–H groups in total. The van der Waals surface area contributed by atoms with E-state index in [0.717, 1.165) is 5.56 Å². The third kappa shape index (κ3) is 3.55. The van der Waals surface area contributed by atoms with Crippen LogP contribution in [0.2, 0.25) is 0 Å². The topological polar surface area (TPSA) is 90.4 Å². The Kier molecular flexibility index (Phi) is 4.56. The van der Waals surface area contributed by atoms with Crippen molar-refractivity contribution in [3.05, 3.63) is 48.2 Å². The van der Waals surface area contributed by atoms with Crippen molar-refractivity contribution in [3.63, 3.8) is 0 Å². The van der Waals surface area contributed by atoms with E-state index in [1.807, 2.05) is 18.2 Å². The number of rotatable bonds is 6. The maximum absolute atomic E-state index is 11.2. The number of carboxylic acid groups (broad SMARTS) is 1. The number of nitrogens with zero attached hydrogens (tertiary/aromatic N) is 3. The normalized spacial score (nSPS) is 11.0. The predicted molar refractivity (Wildman–Crippen MR) is 91.1 cm³/mol. The van der Waals surface area contributed by atoms with Crippen LogP contribution >= 0.6 is 0 Å². The Balaban J connectivity index is 2.03. The molecule has 3 aromatic rings. The second-order valence-corrected chi connectivity index (χ2v) is 6.13. The first-order chi connectivity index (χ1) is 12.0. The first kappa shape index (κ1) is 16.8. The van der Waals surface area contributed by atoms with Crippen LogP contribution in [0.25, 0.3) is 17.0 Å². The SMILES string of the molecule is Cc1nn(-c2ccc(OCC(C)C)c(-c3cnco3)c2)cc1C(=O)O. The maximum atomic E-state index is 11.2. The van der Waals surface area contributed by atoms with E-state index >= 15 is 0 Å². The van der Waals surface area contributed by atoms with Crippen molar-refractivity contribution in [1.29, 1.82) is 0 Å². The number of benzene rings is 1. The van der Waals surface area contributed by atoms with Crippen LogP contribution in [-0.4, -0.2) is 32.4 Å². The smallest absolute Gasteiger partial charge is 0.339 e. The van der Waals surface area contributed by atoms with Crippen LogP contribution < -0.4 is 4.74 Å². The summed E-state index contributed by atoms with van der Waals surface area (Å²) in [6.07, 6.45) is 4.46. The average molecular weight is 341 g/mol. The van der Waals surface area contributed by atoms with E-state index < -0.39 is 5.97 Å². The molecule has 0 saturated heterocycles. The molecule has 0 aliphatic carbocycles. The minimum atomic E-state index is -1.00. The molecule has 0 aliphatic heterocycles. The Morgan fingerprint density at radius 3 is 2.80 bits per heavy atom. The third-order valence-electron chi connectivity index (χ3n) is 3.63. The third-order valence-corrected chi connectivity index (χ3v) is 3.63. The van der Waals surface area contributed by atoms with Crippen LogP contribution in [0.3, 0.4) is 0 Å². The summed E-state index contributed by atoms with van der Waals surface area (Å²) < 4.78 is 12.8. The number of hydrogen-bond acceptors (Lipinski definition) is 5. The zero-order valence-electron chi connectivity index (χ0n) is 14.3. The molecule has 3 rings (SSSR count). The van der Waals surface area contributed by atoms with Gasteiger partial charge in [-0.2, -0.15) is 5.10 Å². The van der Waals surface area contributed by atoms with Crippen molar-refractivity contribution in [3.8, 4) is 22.8 Å². The zero-order valence-corrected chi connectivity index (χ0v) is 14.3. The van der Waals surface area contributed by atoms with Gasteiger partial charge in [-0.3, -0.25) is 0 Å². The summed E-state index contributed by atoms with van der Waals surface area (Å²) in [5.41, 5.74) is 2.06. The molecule has 0 fully saturated rings. The van der Waals surface area contributed by atoms with Gasteiger partial charge in [0.05, 0.1) is 29.7 Å². The molecule has 2 heterocycles. The van der Waals surface area contributed by atoms with Crippen molar-refractivity contribution in [2.24, 2.45) is 5.92 Å². The quantitative estimate of drug-likeness (QED) is 0.737. The van der Waals surface area contributed by atoms with Gasteiger partial charge in [0.1, 0.15) is 11.3 Å². The molecule has 0 saturated carbocycles. The molecule has 0 bridgehead atoms. The summed E-state index contributed by atoms with van der Waals surface area (Å²) in [4.78, 5) is 15.2. The lowest BCUT2D eigenvalue weighted by molar-refractivity contribution is 0.0696. The lowest BCUT2D eigenvalue weighted by atomic mass is 10.1. The molecule has 130 valence electrons. The first-order valence-corrected chi connectivity index (χ1v) is 7.91. The van der Waals surface area contributed by atoms with E-state index in [2.05, 4.69) is 23.9 Å². The molecule has 25 heavy (non-hydrogen) atoms. The van der Waals surface area contributed by atoms with Crippen molar-refractivity contribution in [2.45, 2.75) is 20.8 Å². The molecule has 0 radical (unpaired) electrons. The van der Waals surface area contributed by atoms with Crippen LogP contribution in [-0.2, 0) is 0 Å². The molecule has 0 spiro atoms. The van der Waals surface area contributed by atoms with Gasteiger partial charge in [-0.15, -0.1) is 0 Å². The Morgan fingerprint density at radius 1 is 1.40 bits per heavy atom. The van der Waals surface area contributed by atoms with Crippen molar-refractivity contribution < 1.29 is 19.1 Å². The van der Waals surface area contributed by atoms with Crippen LogP contribution in [0.5, 0.6) is 5.75 Å². The molecule has 7 nitrogen and oxygen atoms in total. The van der Waals surface area contributed by atoms with E-state index in [1.165, 1.54) is 17.3 Å². The summed E-state index contributed by atoms with van der Waals surface area (Å²) >= 11 is 0. The molecule has 2 aromatic heterocycles. The number of hydrogen-bond donors (Lipinski definition) is 1. The highest BCUT2D eigenvalue weighted by Gasteiger charge is 2.16. The molecule has 0 aliphatic rings. The van der Waals surface area contributed by atoms with Crippen LogP contribution in [0, 0.1) is 12.8 Å². The van der Waals surface area contributed by atoms with Crippen LogP contribution in [0.1, 0.15) is 29.9 Å². The number of aryl methyl sites for hydroxylation is 1. The van der Waals surface area contributed by atoms with E-state index in [-0.39, 0.29) is 5.56 Å². The van der Waals surface area contributed by atoms with Crippen molar-refractivity contribution in [1.82, 2.24) is 14.8 Å². The molecule has 0 atom stereocenters. The summed E-state index contributed by atoms with van der Waals surface area (Å²) in [5, 5.41) is 13.5. The van der Waals surface area contributed by atoms with Gasteiger partial charge in [0.15, 0.2) is 12.2 Å². The van der Waals surface area contributed by atoms with Gasteiger partial charge in [0.25, 0.3) is 0 Å². The molecule has 0 amide bonds. The Hall–Kier alpha value is -3.09. The molecular weight excluding hydrogens is 322 g/mol. The maximum Gasteiger partial charge on any atom is 0.339 e. The van der Waals surface area contributed by atoms with E-state index in [1.54, 1.807) is 13.1 Å². The minimum Gasteiger partial charge on any atom is -0.493 e. The van der Waals surface area contributed by atoms with Gasteiger partial charge in [0, 0.05) is 6.20 Å². The summed E-state index contributed by atoms with van der Waals surface area (Å²) in [5.74, 6) is 0.629. The monoisotopic (exact) mass is 341 g/mol. The van der Waals surface area contributed by atoms with Gasteiger partial charge < -0.3 is 14.3 Å². The number of aromatic carboxylic acids is 1. The van der Waals surface area contributed by atoms with Gasteiger partial charge in [-0.25, -0.2) is 14.5 Å². The Morgan fingerprint density at radius 2 is 2.20 bits per heavy atom. The lowest BCUT2D eigenvalue weighted by Gasteiger charge is -2.13. The standard InChI is InChI=1S/C18H19N3O4/c1-11(2)9-24-16-5-4-13(6-14(16)17-7-19-10-25-17)21-8-15(18(22)23)12(3)20-21/h4-8,10-11H,9H2,1-3H3,(H,22,23). The second kappa shape index (κ2) is 6.80.